The van der Waals surface area contributed by atoms with Crippen LogP contribution in [0.1, 0.15) is 20.8 Å². The summed E-state index contributed by atoms with van der Waals surface area (Å²) in [6.07, 6.45) is 0. The van der Waals surface area contributed by atoms with Gasteiger partial charge < -0.3 is 0 Å². The first-order chi connectivity index (χ1) is 3.48. The van der Waals surface area contributed by atoms with Gasteiger partial charge in [-0.15, -0.1) is 0 Å². The molecule has 0 aromatic rings. The van der Waals surface area contributed by atoms with Gasteiger partial charge in [-0.3, -0.25) is 4.84 Å². The van der Waals surface area contributed by atoms with Crippen molar-refractivity contribution in [2.24, 2.45) is 5.41 Å². The third kappa shape index (κ3) is 1.93. The topological polar surface area (TPSA) is 53.9 Å². The normalized spacial score (nSPS) is 11.0. The monoisotopic (exact) mass is 118 g/mol. The van der Waals surface area contributed by atoms with E-state index in [1.807, 2.05) is 0 Å². The highest BCUT2D eigenvalue weighted by Crippen LogP contribution is 2.12. The number of quaternary nitrogens is 1. The van der Waals surface area contributed by atoms with Crippen molar-refractivity contribution in [3.63, 3.8) is 0 Å². The summed E-state index contributed by atoms with van der Waals surface area (Å²) in [6.45, 7) is 5.33. The fourth-order valence-electron chi connectivity index (χ4n) is 0.217. The highest BCUT2D eigenvalue weighted by atomic mass is 16.7. The molecule has 0 radical (unpaired) electrons. The van der Waals surface area contributed by atoms with Crippen LogP contribution < -0.4 is 5.90 Å². The largest absolute Gasteiger partial charge is 0.371 e. The first-order valence-corrected chi connectivity index (χ1v) is 2.45. The standard InChI is InChI=1S/C5H12NO2/c1-5(2,3)4(7)8-6/h1-3,6H3/q+1. The highest BCUT2D eigenvalue weighted by molar-refractivity contribution is 5.74. The lowest BCUT2D eigenvalue weighted by atomic mass is 9.98. The summed E-state index contributed by atoms with van der Waals surface area (Å²) in [4.78, 5) is 14.8. The molecule has 0 aromatic carbocycles. The van der Waals surface area contributed by atoms with E-state index < -0.39 is 5.41 Å². The minimum Gasteiger partial charge on any atom is -0.281 e. The third-order valence-electron chi connectivity index (χ3n) is 0.743. The average molecular weight is 118 g/mol. The molecule has 0 amide bonds. The minimum atomic E-state index is -0.415. The summed E-state index contributed by atoms with van der Waals surface area (Å²) in [5, 5.41) is 0. The lowest BCUT2D eigenvalue weighted by molar-refractivity contribution is -0.658. The van der Waals surface area contributed by atoms with Crippen molar-refractivity contribution >= 4 is 5.97 Å². The van der Waals surface area contributed by atoms with Gasteiger partial charge in [0.15, 0.2) is 0 Å². The van der Waals surface area contributed by atoms with E-state index in [0.717, 1.165) is 0 Å². The Labute approximate surface area is 48.8 Å². The maximum atomic E-state index is 10.5. The van der Waals surface area contributed by atoms with E-state index >= 15 is 0 Å². The van der Waals surface area contributed by atoms with Crippen LogP contribution in [0, 0.1) is 5.41 Å². The summed E-state index contributed by atoms with van der Waals surface area (Å²) < 4.78 is 0. The van der Waals surface area contributed by atoms with Crippen LogP contribution in [0.4, 0.5) is 0 Å². The molecule has 3 heteroatoms. The molecule has 0 atom stereocenters. The molecule has 0 fully saturated rings. The van der Waals surface area contributed by atoms with E-state index in [-0.39, 0.29) is 5.97 Å². The molecule has 48 valence electrons. The maximum absolute atomic E-state index is 10.5. The molecule has 0 aliphatic rings. The number of hydrogen-bond donors (Lipinski definition) is 1. The van der Waals surface area contributed by atoms with Crippen molar-refractivity contribution in [3.05, 3.63) is 0 Å². The van der Waals surface area contributed by atoms with E-state index in [0.29, 0.717) is 0 Å². The van der Waals surface area contributed by atoms with E-state index in [1.165, 1.54) is 0 Å². The molecule has 0 unspecified atom stereocenters. The number of carbonyl (C=O) groups excluding carboxylic acids is 1. The molecule has 0 saturated carbocycles. The summed E-state index contributed by atoms with van der Waals surface area (Å²) >= 11 is 0. The second kappa shape index (κ2) is 2.13. The molecule has 0 aromatic heterocycles. The third-order valence-corrected chi connectivity index (χ3v) is 0.743. The second-order valence-electron chi connectivity index (χ2n) is 2.68. The van der Waals surface area contributed by atoms with Crippen LogP contribution in [0.5, 0.6) is 0 Å². The van der Waals surface area contributed by atoms with Crippen LogP contribution in [0.3, 0.4) is 0 Å². The van der Waals surface area contributed by atoms with Crippen LogP contribution in [0.25, 0.3) is 0 Å². The van der Waals surface area contributed by atoms with Crippen LogP contribution >= 0.6 is 0 Å². The Balaban J connectivity index is 3.82. The Morgan fingerprint density at radius 3 is 1.88 bits per heavy atom. The van der Waals surface area contributed by atoms with Gasteiger partial charge in [0.1, 0.15) is 0 Å². The van der Waals surface area contributed by atoms with E-state index in [1.54, 1.807) is 20.8 Å². The fourth-order valence-corrected chi connectivity index (χ4v) is 0.217. The first kappa shape index (κ1) is 7.43. The molecular formula is C5H12NO2+. The lowest BCUT2D eigenvalue weighted by Gasteiger charge is -2.10. The second-order valence-corrected chi connectivity index (χ2v) is 2.68. The molecule has 0 spiro atoms. The molecule has 0 heterocycles. The fraction of sp³-hybridized carbons (Fsp3) is 0.800. The Bertz CT molecular complexity index is 93.1. The maximum Gasteiger partial charge on any atom is 0.371 e. The van der Waals surface area contributed by atoms with E-state index in [9.17, 15) is 4.79 Å². The molecule has 0 rings (SSSR count). The molecule has 0 saturated heterocycles. The molecule has 0 aliphatic carbocycles. The number of hydrogen-bond acceptors (Lipinski definition) is 2. The van der Waals surface area contributed by atoms with Gasteiger partial charge in [-0.2, -0.15) is 5.90 Å². The average Bonchev–Trinajstić information content (AvgIpc) is 1.62. The highest BCUT2D eigenvalue weighted by Gasteiger charge is 2.23. The predicted octanol–water partition coefficient (Wildman–Crippen LogP) is -0.267. The molecule has 0 aliphatic heterocycles. The quantitative estimate of drug-likeness (QED) is 0.445. The van der Waals surface area contributed by atoms with Crippen LogP contribution in [-0.4, -0.2) is 5.97 Å². The lowest BCUT2D eigenvalue weighted by Crippen LogP contribution is -2.53. The molecular weight excluding hydrogens is 106 g/mol. The van der Waals surface area contributed by atoms with Crippen molar-refractivity contribution < 1.29 is 15.5 Å². The SMILES string of the molecule is CC(C)(C)C(=O)O[NH3+]. The van der Waals surface area contributed by atoms with Crippen LogP contribution in [-0.2, 0) is 9.63 Å². The van der Waals surface area contributed by atoms with E-state index in [2.05, 4.69) is 10.7 Å². The van der Waals surface area contributed by atoms with Gasteiger partial charge in [0, 0.05) is 0 Å². The number of rotatable bonds is 0. The van der Waals surface area contributed by atoms with Crippen LogP contribution in [0.2, 0.25) is 0 Å². The van der Waals surface area contributed by atoms with Crippen molar-refractivity contribution in [2.45, 2.75) is 20.8 Å². The molecule has 3 N–H and O–H groups in total. The Morgan fingerprint density at radius 1 is 1.50 bits per heavy atom. The van der Waals surface area contributed by atoms with Gasteiger partial charge >= 0.3 is 5.97 Å². The van der Waals surface area contributed by atoms with Crippen LogP contribution in [0.15, 0.2) is 0 Å². The Kier molecular flexibility index (Phi) is 1.98. The summed E-state index contributed by atoms with van der Waals surface area (Å²) in [6, 6.07) is 0. The Hall–Kier alpha value is -0.570. The van der Waals surface area contributed by atoms with Gasteiger partial charge in [-0.25, -0.2) is 4.79 Å². The zero-order valence-electron chi connectivity index (χ0n) is 5.52. The Morgan fingerprint density at radius 2 is 1.88 bits per heavy atom. The van der Waals surface area contributed by atoms with Crippen molar-refractivity contribution in [1.29, 1.82) is 0 Å². The van der Waals surface area contributed by atoms with E-state index in [4.69, 9.17) is 0 Å². The first-order valence-electron chi connectivity index (χ1n) is 2.45. The number of carbonyl (C=O) groups is 1. The van der Waals surface area contributed by atoms with Gasteiger partial charge in [0.25, 0.3) is 0 Å². The minimum absolute atomic E-state index is 0.280. The van der Waals surface area contributed by atoms with Gasteiger partial charge in [0.05, 0.1) is 5.41 Å². The van der Waals surface area contributed by atoms with Crippen molar-refractivity contribution in [1.82, 2.24) is 0 Å². The van der Waals surface area contributed by atoms with Gasteiger partial charge in [-0.05, 0) is 20.8 Å². The van der Waals surface area contributed by atoms with Crippen molar-refractivity contribution in [3.8, 4) is 0 Å². The molecule has 8 heavy (non-hydrogen) atoms. The van der Waals surface area contributed by atoms with Gasteiger partial charge in [-0.1, -0.05) is 0 Å². The molecule has 3 nitrogen and oxygen atoms in total. The van der Waals surface area contributed by atoms with Crippen molar-refractivity contribution in [2.75, 3.05) is 0 Å². The smallest absolute Gasteiger partial charge is 0.281 e. The summed E-state index contributed by atoms with van der Waals surface area (Å²) in [7, 11) is 0. The zero-order valence-corrected chi connectivity index (χ0v) is 5.52. The molecule has 0 bridgehead atoms. The predicted molar refractivity (Wildman–Crippen MR) is 28.4 cm³/mol. The zero-order chi connectivity index (χ0) is 6.78. The summed E-state index contributed by atoms with van der Waals surface area (Å²) in [5.74, 6) is 2.72. The van der Waals surface area contributed by atoms with Gasteiger partial charge in [0.2, 0.25) is 0 Å². The summed E-state index contributed by atoms with van der Waals surface area (Å²) in [5.41, 5.74) is -0.415.